The Balaban J connectivity index is 2.11. The molecule has 0 aliphatic carbocycles. The first-order chi connectivity index (χ1) is 9.60. The summed E-state index contributed by atoms with van der Waals surface area (Å²) in [5.41, 5.74) is 1.58. The fourth-order valence-electron chi connectivity index (χ4n) is 1.61. The van der Waals surface area contributed by atoms with E-state index in [0.29, 0.717) is 15.8 Å². The van der Waals surface area contributed by atoms with Gasteiger partial charge in [-0.05, 0) is 30.3 Å². The number of hydrogen-bond donors (Lipinski definition) is 1. The van der Waals surface area contributed by atoms with E-state index in [2.05, 4.69) is 15.9 Å². The van der Waals surface area contributed by atoms with Crippen molar-refractivity contribution in [3.05, 3.63) is 63.6 Å². The fourth-order valence-corrected chi connectivity index (χ4v) is 2.11. The van der Waals surface area contributed by atoms with Gasteiger partial charge in [-0.2, -0.15) is 5.26 Å². The number of benzene rings is 2. The Morgan fingerprint density at radius 2 is 2.10 bits per heavy atom. The number of halogens is 1. The van der Waals surface area contributed by atoms with E-state index in [4.69, 9.17) is 15.1 Å². The second kappa shape index (κ2) is 6.22. The molecule has 2 rings (SSSR count). The van der Waals surface area contributed by atoms with E-state index in [9.17, 15) is 4.79 Å². The average Bonchev–Trinajstić information content (AvgIpc) is 2.46. The molecule has 100 valence electrons. The standard InChI is InChI=1S/C15H10BrNO3/c16-14-7-11(15(18)19)4-5-12(14)9-20-13-3-1-2-10(6-13)8-17/h1-7H,9H2,(H,18,19). The van der Waals surface area contributed by atoms with Gasteiger partial charge in [0.2, 0.25) is 0 Å². The summed E-state index contributed by atoms with van der Waals surface area (Å²) in [4.78, 5) is 10.8. The van der Waals surface area contributed by atoms with Crippen molar-refractivity contribution in [2.24, 2.45) is 0 Å². The first-order valence-electron chi connectivity index (χ1n) is 5.75. The molecule has 0 aromatic heterocycles. The molecular formula is C15H10BrNO3. The monoisotopic (exact) mass is 331 g/mol. The van der Waals surface area contributed by atoms with Crippen molar-refractivity contribution in [2.45, 2.75) is 6.61 Å². The SMILES string of the molecule is N#Cc1cccc(OCc2ccc(C(=O)O)cc2Br)c1. The van der Waals surface area contributed by atoms with Crippen LogP contribution >= 0.6 is 15.9 Å². The third-order valence-electron chi connectivity index (χ3n) is 2.66. The lowest BCUT2D eigenvalue weighted by Crippen LogP contribution is -2.00. The quantitative estimate of drug-likeness (QED) is 0.929. The lowest BCUT2D eigenvalue weighted by atomic mass is 10.1. The van der Waals surface area contributed by atoms with Crippen molar-refractivity contribution >= 4 is 21.9 Å². The van der Waals surface area contributed by atoms with E-state index in [0.717, 1.165) is 5.56 Å². The average molecular weight is 332 g/mol. The van der Waals surface area contributed by atoms with Crippen LogP contribution in [0.15, 0.2) is 46.9 Å². The van der Waals surface area contributed by atoms with Gasteiger partial charge in [0, 0.05) is 10.0 Å². The molecule has 0 spiro atoms. The molecule has 0 fully saturated rings. The lowest BCUT2D eigenvalue weighted by Gasteiger charge is -2.08. The largest absolute Gasteiger partial charge is 0.489 e. The Labute approximate surface area is 124 Å². The third-order valence-corrected chi connectivity index (χ3v) is 3.40. The van der Waals surface area contributed by atoms with Gasteiger partial charge in [-0.25, -0.2) is 4.79 Å². The maximum Gasteiger partial charge on any atom is 0.335 e. The predicted octanol–water partition coefficient (Wildman–Crippen LogP) is 3.60. The summed E-state index contributed by atoms with van der Waals surface area (Å²) in [7, 11) is 0. The van der Waals surface area contributed by atoms with E-state index in [1.807, 2.05) is 6.07 Å². The molecule has 20 heavy (non-hydrogen) atoms. The van der Waals surface area contributed by atoms with Crippen LogP contribution in [-0.4, -0.2) is 11.1 Å². The van der Waals surface area contributed by atoms with Gasteiger partial charge in [0.15, 0.2) is 0 Å². The summed E-state index contributed by atoms with van der Waals surface area (Å²) < 4.78 is 6.26. The molecular weight excluding hydrogens is 322 g/mol. The van der Waals surface area contributed by atoms with E-state index >= 15 is 0 Å². The van der Waals surface area contributed by atoms with Crippen molar-refractivity contribution in [1.82, 2.24) is 0 Å². The van der Waals surface area contributed by atoms with Gasteiger partial charge < -0.3 is 9.84 Å². The summed E-state index contributed by atoms with van der Waals surface area (Å²) in [5, 5.41) is 17.7. The highest BCUT2D eigenvalue weighted by Crippen LogP contribution is 2.21. The van der Waals surface area contributed by atoms with Gasteiger partial charge in [0.1, 0.15) is 12.4 Å². The van der Waals surface area contributed by atoms with Crippen molar-refractivity contribution in [2.75, 3.05) is 0 Å². The maximum absolute atomic E-state index is 10.8. The number of nitrogens with zero attached hydrogens (tertiary/aromatic N) is 1. The van der Waals surface area contributed by atoms with Crippen LogP contribution < -0.4 is 4.74 Å². The molecule has 0 bridgehead atoms. The molecule has 0 amide bonds. The summed E-state index contributed by atoms with van der Waals surface area (Å²) in [6.45, 7) is 0.287. The highest BCUT2D eigenvalue weighted by atomic mass is 79.9. The van der Waals surface area contributed by atoms with Crippen molar-refractivity contribution in [3.63, 3.8) is 0 Å². The summed E-state index contributed by atoms with van der Waals surface area (Å²) in [5.74, 6) is -0.377. The predicted molar refractivity (Wildman–Crippen MR) is 76.6 cm³/mol. The highest BCUT2D eigenvalue weighted by molar-refractivity contribution is 9.10. The molecule has 2 aromatic rings. The Morgan fingerprint density at radius 3 is 2.75 bits per heavy atom. The van der Waals surface area contributed by atoms with Gasteiger partial charge >= 0.3 is 5.97 Å². The first kappa shape index (κ1) is 14.1. The zero-order chi connectivity index (χ0) is 14.5. The molecule has 4 nitrogen and oxygen atoms in total. The van der Waals surface area contributed by atoms with E-state index in [-0.39, 0.29) is 12.2 Å². The zero-order valence-electron chi connectivity index (χ0n) is 10.3. The zero-order valence-corrected chi connectivity index (χ0v) is 11.9. The fraction of sp³-hybridized carbons (Fsp3) is 0.0667. The number of nitriles is 1. The second-order valence-electron chi connectivity index (χ2n) is 4.04. The molecule has 0 radical (unpaired) electrons. The maximum atomic E-state index is 10.8. The summed E-state index contributed by atoms with van der Waals surface area (Å²) in [6.07, 6.45) is 0. The molecule has 2 aromatic carbocycles. The topological polar surface area (TPSA) is 70.3 Å². The van der Waals surface area contributed by atoms with Crippen LogP contribution in [0.3, 0.4) is 0 Å². The van der Waals surface area contributed by atoms with Crippen LogP contribution in [0.25, 0.3) is 0 Å². The minimum Gasteiger partial charge on any atom is -0.489 e. The number of rotatable bonds is 4. The highest BCUT2D eigenvalue weighted by Gasteiger charge is 2.07. The van der Waals surface area contributed by atoms with Crippen LogP contribution in [0.4, 0.5) is 0 Å². The summed E-state index contributed by atoms with van der Waals surface area (Å²) in [6, 6.07) is 13.7. The van der Waals surface area contributed by atoms with Gasteiger partial charge in [-0.15, -0.1) is 0 Å². The van der Waals surface area contributed by atoms with Crippen LogP contribution in [0.5, 0.6) is 5.75 Å². The molecule has 5 heteroatoms. The Bertz CT molecular complexity index is 692. The molecule has 0 saturated carbocycles. The number of ether oxygens (including phenoxy) is 1. The van der Waals surface area contributed by atoms with E-state index < -0.39 is 5.97 Å². The van der Waals surface area contributed by atoms with Gasteiger partial charge in [-0.1, -0.05) is 28.1 Å². The number of carboxylic acid groups (broad SMARTS) is 1. The molecule has 0 saturated heterocycles. The lowest BCUT2D eigenvalue weighted by molar-refractivity contribution is 0.0696. The summed E-state index contributed by atoms with van der Waals surface area (Å²) >= 11 is 3.32. The van der Waals surface area contributed by atoms with Crippen molar-refractivity contribution in [3.8, 4) is 11.8 Å². The van der Waals surface area contributed by atoms with E-state index in [1.54, 1.807) is 30.3 Å². The molecule has 0 heterocycles. The van der Waals surface area contributed by atoms with Gasteiger partial charge in [0.05, 0.1) is 17.2 Å². The smallest absolute Gasteiger partial charge is 0.335 e. The minimum atomic E-state index is -0.972. The third kappa shape index (κ3) is 3.37. The molecule has 0 aliphatic rings. The Hall–Kier alpha value is -2.32. The number of carbonyl (C=O) groups is 1. The van der Waals surface area contributed by atoms with Crippen LogP contribution in [-0.2, 0) is 6.61 Å². The molecule has 1 N–H and O–H groups in total. The van der Waals surface area contributed by atoms with Crippen LogP contribution in [0.1, 0.15) is 21.5 Å². The second-order valence-corrected chi connectivity index (χ2v) is 4.89. The van der Waals surface area contributed by atoms with E-state index in [1.165, 1.54) is 12.1 Å². The van der Waals surface area contributed by atoms with Gasteiger partial charge in [0.25, 0.3) is 0 Å². The molecule has 0 aliphatic heterocycles. The normalized spacial score (nSPS) is 9.80. The van der Waals surface area contributed by atoms with Gasteiger partial charge in [-0.3, -0.25) is 0 Å². The molecule has 0 atom stereocenters. The molecule has 0 unspecified atom stereocenters. The number of aromatic carboxylic acids is 1. The number of carboxylic acids is 1. The minimum absolute atomic E-state index is 0.215. The Morgan fingerprint density at radius 1 is 1.30 bits per heavy atom. The Kier molecular flexibility index (Phi) is 4.38. The number of hydrogen-bond acceptors (Lipinski definition) is 3. The first-order valence-corrected chi connectivity index (χ1v) is 6.54. The van der Waals surface area contributed by atoms with Crippen molar-refractivity contribution in [1.29, 1.82) is 5.26 Å². The van der Waals surface area contributed by atoms with Crippen molar-refractivity contribution < 1.29 is 14.6 Å². The van der Waals surface area contributed by atoms with Crippen LogP contribution in [0.2, 0.25) is 0 Å². The van der Waals surface area contributed by atoms with Crippen LogP contribution in [0, 0.1) is 11.3 Å².